The summed E-state index contributed by atoms with van der Waals surface area (Å²) in [4.78, 5) is 12.8. The highest BCUT2D eigenvalue weighted by atomic mass is 19.3. The first kappa shape index (κ1) is 10.4. The monoisotopic (exact) mass is 193 g/mol. The van der Waals surface area contributed by atoms with Crippen molar-refractivity contribution >= 4 is 5.91 Å². The Kier molecular flexibility index (Phi) is 3.19. The van der Waals surface area contributed by atoms with Crippen LogP contribution in [0.2, 0.25) is 0 Å². The average molecular weight is 193 g/mol. The number of halogens is 2. The van der Waals surface area contributed by atoms with Crippen molar-refractivity contribution in [2.75, 3.05) is 6.54 Å². The van der Waals surface area contributed by atoms with Gasteiger partial charge in [-0.3, -0.25) is 4.79 Å². The summed E-state index contributed by atoms with van der Waals surface area (Å²) in [5.74, 6) is -0.111. The predicted molar refractivity (Wildman–Crippen MR) is 42.3 cm³/mol. The van der Waals surface area contributed by atoms with Gasteiger partial charge < -0.3 is 9.64 Å². The van der Waals surface area contributed by atoms with Crippen molar-refractivity contribution in [3.8, 4) is 0 Å². The Morgan fingerprint density at radius 1 is 1.54 bits per heavy atom. The molecule has 1 aliphatic heterocycles. The van der Waals surface area contributed by atoms with Gasteiger partial charge in [-0.05, 0) is 13.8 Å². The number of ether oxygens (including phenoxy) is 1. The molecule has 0 bridgehead atoms. The summed E-state index contributed by atoms with van der Waals surface area (Å²) in [7, 11) is 0. The van der Waals surface area contributed by atoms with Crippen LogP contribution in [0.1, 0.15) is 20.3 Å². The number of rotatable bonds is 3. The second-order valence-electron chi connectivity index (χ2n) is 3.36. The molecule has 1 aliphatic rings. The number of alkyl halides is 2. The van der Waals surface area contributed by atoms with Crippen LogP contribution >= 0.6 is 0 Å². The van der Waals surface area contributed by atoms with Gasteiger partial charge in [0.1, 0.15) is 0 Å². The molecule has 0 unspecified atom stereocenters. The fourth-order valence-electron chi connectivity index (χ4n) is 1.43. The molecule has 76 valence electrons. The van der Waals surface area contributed by atoms with Gasteiger partial charge in [0.15, 0.2) is 0 Å². The zero-order valence-corrected chi connectivity index (χ0v) is 7.67. The van der Waals surface area contributed by atoms with Gasteiger partial charge in [0, 0.05) is 12.6 Å². The van der Waals surface area contributed by atoms with E-state index in [1.165, 1.54) is 0 Å². The lowest BCUT2D eigenvalue weighted by Crippen LogP contribution is -2.33. The molecule has 0 aromatic rings. The fourth-order valence-corrected chi connectivity index (χ4v) is 1.43. The van der Waals surface area contributed by atoms with Gasteiger partial charge in [0.25, 0.3) is 0 Å². The molecule has 3 nitrogen and oxygen atoms in total. The molecule has 1 atom stereocenters. The lowest BCUT2D eigenvalue weighted by Gasteiger charge is -2.20. The minimum Gasteiger partial charge on any atom is -0.338 e. The van der Waals surface area contributed by atoms with Crippen LogP contribution in [0, 0.1) is 0 Å². The minimum absolute atomic E-state index is 0.0544. The zero-order valence-electron chi connectivity index (χ0n) is 7.67. The van der Waals surface area contributed by atoms with E-state index in [2.05, 4.69) is 4.74 Å². The summed E-state index contributed by atoms with van der Waals surface area (Å²) in [5.41, 5.74) is 0. The molecule has 1 rings (SSSR count). The van der Waals surface area contributed by atoms with Crippen molar-refractivity contribution in [1.82, 2.24) is 4.90 Å². The van der Waals surface area contributed by atoms with Crippen molar-refractivity contribution in [2.24, 2.45) is 0 Å². The Hall–Kier alpha value is -0.710. The summed E-state index contributed by atoms with van der Waals surface area (Å²) in [5, 5.41) is 0. The lowest BCUT2D eigenvalue weighted by atomic mass is 10.3. The summed E-state index contributed by atoms with van der Waals surface area (Å²) >= 11 is 0. The molecule has 5 heteroatoms. The van der Waals surface area contributed by atoms with Crippen molar-refractivity contribution in [3.63, 3.8) is 0 Å². The molecule has 13 heavy (non-hydrogen) atoms. The highest BCUT2D eigenvalue weighted by Gasteiger charge is 2.33. The van der Waals surface area contributed by atoms with Crippen molar-refractivity contribution < 1.29 is 18.3 Å². The average Bonchev–Trinajstić information content (AvgIpc) is 2.29. The fraction of sp³-hybridized carbons (Fsp3) is 0.875. The Labute approximate surface area is 75.7 Å². The molecular weight excluding hydrogens is 180 g/mol. The highest BCUT2D eigenvalue weighted by Crippen LogP contribution is 2.18. The molecule has 1 heterocycles. The predicted octanol–water partition coefficient (Wildman–Crippen LogP) is 1.23. The van der Waals surface area contributed by atoms with E-state index >= 15 is 0 Å². The van der Waals surface area contributed by atoms with Crippen molar-refractivity contribution in [1.29, 1.82) is 0 Å². The van der Waals surface area contributed by atoms with Crippen molar-refractivity contribution in [2.45, 2.75) is 39.0 Å². The Bertz CT molecular complexity index is 197. The smallest absolute Gasteiger partial charge is 0.338 e. The Balaban J connectivity index is 2.45. The molecule has 0 aliphatic carbocycles. The number of hydrogen-bond acceptors (Lipinski definition) is 2. The topological polar surface area (TPSA) is 29.5 Å². The summed E-state index contributed by atoms with van der Waals surface area (Å²) in [6.07, 6.45) is -0.572. The Morgan fingerprint density at radius 3 is 2.54 bits per heavy atom. The molecule has 1 fully saturated rings. The molecular formula is C8H13F2NO2. The third-order valence-electron chi connectivity index (χ3n) is 2.04. The first-order valence-corrected chi connectivity index (χ1v) is 4.23. The summed E-state index contributed by atoms with van der Waals surface area (Å²) < 4.78 is 27.8. The number of likely N-dealkylation sites (tertiary alicyclic amines) is 1. The first-order chi connectivity index (χ1) is 6.00. The van der Waals surface area contributed by atoms with E-state index in [1.54, 1.807) is 4.90 Å². The van der Waals surface area contributed by atoms with Gasteiger partial charge in [-0.25, -0.2) is 0 Å². The van der Waals surface area contributed by atoms with Crippen LogP contribution in [0.25, 0.3) is 0 Å². The number of nitrogens with zero attached hydrogens (tertiary/aromatic N) is 1. The van der Waals surface area contributed by atoms with E-state index in [0.717, 1.165) is 0 Å². The molecule has 0 aromatic heterocycles. The molecule has 0 N–H and O–H groups in total. The molecule has 0 aromatic carbocycles. The maximum Gasteiger partial charge on any atom is 0.345 e. The zero-order chi connectivity index (χ0) is 10.0. The van der Waals surface area contributed by atoms with E-state index in [0.29, 0.717) is 0 Å². The van der Waals surface area contributed by atoms with Gasteiger partial charge >= 0.3 is 6.61 Å². The molecule has 0 spiro atoms. The normalized spacial score (nSPS) is 23.7. The maximum atomic E-state index is 11.8. The third kappa shape index (κ3) is 2.62. The standard InChI is InChI=1S/C8H13F2NO2/c1-5(2)11-4-6(3-7(11)12)13-8(9)10/h5-6,8H,3-4H2,1-2H3/t6-/m0/s1. The highest BCUT2D eigenvalue weighted by molar-refractivity contribution is 5.79. The van der Waals surface area contributed by atoms with Crippen LogP contribution in [-0.2, 0) is 9.53 Å². The lowest BCUT2D eigenvalue weighted by molar-refractivity contribution is -0.159. The van der Waals surface area contributed by atoms with Crippen LogP contribution in [0.4, 0.5) is 8.78 Å². The Morgan fingerprint density at radius 2 is 2.15 bits per heavy atom. The van der Waals surface area contributed by atoms with Gasteiger partial charge in [0.05, 0.1) is 12.5 Å². The van der Waals surface area contributed by atoms with E-state index in [1.807, 2.05) is 13.8 Å². The van der Waals surface area contributed by atoms with Crippen LogP contribution in [0.3, 0.4) is 0 Å². The van der Waals surface area contributed by atoms with Gasteiger partial charge in [0.2, 0.25) is 5.91 Å². The number of carbonyl (C=O) groups is 1. The number of hydrogen-bond donors (Lipinski definition) is 0. The van der Waals surface area contributed by atoms with Crippen molar-refractivity contribution in [3.05, 3.63) is 0 Å². The van der Waals surface area contributed by atoms with E-state index in [-0.39, 0.29) is 24.9 Å². The van der Waals surface area contributed by atoms with Gasteiger partial charge in [-0.15, -0.1) is 0 Å². The molecule has 1 saturated heterocycles. The quantitative estimate of drug-likeness (QED) is 0.674. The summed E-state index contributed by atoms with van der Waals surface area (Å²) in [6.45, 7) is 1.19. The third-order valence-corrected chi connectivity index (χ3v) is 2.04. The maximum absolute atomic E-state index is 11.8. The largest absolute Gasteiger partial charge is 0.345 e. The van der Waals surface area contributed by atoms with E-state index < -0.39 is 12.7 Å². The van der Waals surface area contributed by atoms with Gasteiger partial charge in [-0.1, -0.05) is 0 Å². The van der Waals surface area contributed by atoms with Crippen LogP contribution < -0.4 is 0 Å². The minimum atomic E-state index is -2.79. The van der Waals surface area contributed by atoms with Crippen LogP contribution in [0.15, 0.2) is 0 Å². The van der Waals surface area contributed by atoms with Crippen LogP contribution in [0.5, 0.6) is 0 Å². The second kappa shape index (κ2) is 4.00. The first-order valence-electron chi connectivity index (χ1n) is 4.23. The number of carbonyl (C=O) groups excluding carboxylic acids is 1. The SMILES string of the molecule is CC(C)N1C[C@@H](OC(F)F)CC1=O. The molecule has 0 radical (unpaired) electrons. The second-order valence-corrected chi connectivity index (χ2v) is 3.36. The van der Waals surface area contributed by atoms with Gasteiger partial charge in [-0.2, -0.15) is 8.78 Å². The van der Waals surface area contributed by atoms with Crippen LogP contribution in [-0.4, -0.2) is 36.1 Å². The molecule has 0 saturated carbocycles. The summed E-state index contributed by atoms with van der Waals surface area (Å²) in [6, 6.07) is 0.0544. The number of amides is 1. The van der Waals surface area contributed by atoms with E-state index in [9.17, 15) is 13.6 Å². The van der Waals surface area contributed by atoms with E-state index in [4.69, 9.17) is 0 Å². The molecule has 1 amide bonds.